The first kappa shape index (κ1) is 10.3. The molecule has 1 saturated heterocycles. The molecule has 0 aliphatic carbocycles. The summed E-state index contributed by atoms with van der Waals surface area (Å²) in [7, 11) is 0. The SMILES string of the molecule is [Rb][CH]([O][RaH])[C@@H]1CCNC1. The van der Waals surface area contributed by atoms with Gasteiger partial charge < -0.3 is 0 Å². The molecule has 4 heteroatoms. The van der Waals surface area contributed by atoms with Gasteiger partial charge in [0.05, 0.1) is 0 Å². The Balaban J connectivity index is 2.24. The van der Waals surface area contributed by atoms with Gasteiger partial charge in [-0.05, 0) is 0 Å². The predicted octanol–water partition coefficient (Wildman–Crippen LogP) is -0.696. The number of hydrogen-bond donors (Lipinski definition) is 1. The molecule has 0 aromatic rings. The molecule has 0 radical (unpaired) electrons. The maximum atomic E-state index is 5.52. The van der Waals surface area contributed by atoms with Crippen molar-refractivity contribution in [2.24, 2.45) is 5.92 Å². The van der Waals surface area contributed by atoms with E-state index < -0.39 is 0 Å². The molecule has 0 aromatic heterocycles. The van der Waals surface area contributed by atoms with Gasteiger partial charge in [0.25, 0.3) is 0 Å². The molecule has 0 aromatic carbocycles. The van der Waals surface area contributed by atoms with Gasteiger partial charge >= 0.3 is 129 Å². The van der Waals surface area contributed by atoms with E-state index in [1.165, 1.54) is 19.5 Å². The van der Waals surface area contributed by atoms with E-state index in [0.29, 0.717) is 43.4 Å². The maximum absolute atomic E-state index is 5.52. The van der Waals surface area contributed by atoms with E-state index in [1.807, 2.05) is 0 Å². The molecule has 44 valence electrons. The zero-order chi connectivity index (χ0) is 6.69. The summed E-state index contributed by atoms with van der Waals surface area (Å²) in [5.41, 5.74) is 0. The third kappa shape index (κ3) is 3.61. The molecule has 1 aliphatic rings. The second kappa shape index (κ2) is 5.77. The average Bonchev–Trinajstić information content (AvgIpc) is 2.37. The Morgan fingerprint density at radius 2 is 2.56 bits per heavy atom. The summed E-state index contributed by atoms with van der Waals surface area (Å²) in [5.74, 6) is 0.896. The van der Waals surface area contributed by atoms with E-state index in [4.69, 9.17) is 0.545 Å². The zero-order valence-electron chi connectivity index (χ0n) is 6.18. The van der Waals surface area contributed by atoms with Crippen molar-refractivity contribution in [3.63, 3.8) is 0 Å². The Hall–Kier alpha value is 3.19. The van der Waals surface area contributed by atoms with Crippen LogP contribution in [0.3, 0.4) is 0 Å². The monoisotopic (exact) mass is 411 g/mol. The van der Waals surface area contributed by atoms with Gasteiger partial charge in [0.15, 0.2) is 0 Å². The quantitative estimate of drug-likeness (QED) is 0.649. The molecular weight excluding hydrogens is 402 g/mol. The molecule has 0 saturated carbocycles. The standard InChI is InChI=1S/C5H9NO.Ra.Rb.H/c7-4-5-1-2-6-3-5;;;/h4-6H,1-3H2;;;/q-1;+1;;/t5-;;;/m1.../s1. The third-order valence-corrected chi connectivity index (χ3v) is 18.2. The van der Waals surface area contributed by atoms with Crippen LogP contribution in [0.25, 0.3) is 0 Å². The second-order valence-corrected chi connectivity index (χ2v) is 7.43. The average molecular weight is 412 g/mol. The third-order valence-electron chi connectivity index (χ3n) is 2.13. The van der Waals surface area contributed by atoms with Crippen LogP contribution in [0.5, 0.6) is 0 Å². The van der Waals surface area contributed by atoms with Crippen LogP contribution in [-0.2, 0) is 0.545 Å². The van der Waals surface area contributed by atoms with Gasteiger partial charge in [-0.15, -0.1) is 0 Å². The Kier molecular flexibility index (Phi) is 6.59. The van der Waals surface area contributed by atoms with Crippen molar-refractivity contribution in [1.29, 1.82) is 0 Å². The van der Waals surface area contributed by atoms with E-state index in [2.05, 4.69) is 5.32 Å². The van der Waals surface area contributed by atoms with Crippen LogP contribution in [0, 0.1) is 49.3 Å². The molecule has 1 N–H and O–H groups in total. The molecule has 2 atom stereocenters. The van der Waals surface area contributed by atoms with E-state index in [-0.39, 0.29) is 0 Å². The number of nitrogens with one attached hydrogen (secondary N) is 1. The Labute approximate surface area is 126 Å². The fourth-order valence-corrected chi connectivity index (χ4v) is 4.25. The van der Waals surface area contributed by atoms with Crippen molar-refractivity contribution < 1.29 is 44.0 Å². The summed E-state index contributed by atoms with van der Waals surface area (Å²) in [5, 5.41) is 3.37. The summed E-state index contributed by atoms with van der Waals surface area (Å²) in [4.78, 5) is 0. The van der Waals surface area contributed by atoms with E-state index in [9.17, 15) is 0 Å². The van der Waals surface area contributed by atoms with Crippen molar-refractivity contribution in [3.05, 3.63) is 0 Å². The molecular formula is C5H10NORaRb. The van der Waals surface area contributed by atoms with Crippen LogP contribution < -0.4 is 5.32 Å². The van der Waals surface area contributed by atoms with E-state index in [0.717, 1.165) is 60.6 Å². The minimum atomic E-state index is 0.344. The topological polar surface area (TPSA) is 21.3 Å². The van der Waals surface area contributed by atoms with Crippen molar-refractivity contribution in [2.75, 3.05) is 13.1 Å². The van der Waals surface area contributed by atoms with E-state index >= 15 is 0 Å². The Bertz CT molecular complexity index is 87.0. The molecule has 1 rings (SSSR count). The Morgan fingerprint density at radius 1 is 1.78 bits per heavy atom. The van der Waals surface area contributed by atoms with Crippen molar-refractivity contribution in [1.82, 2.24) is 5.32 Å². The van der Waals surface area contributed by atoms with Crippen LogP contribution in [0.2, 0.25) is 0 Å². The summed E-state index contributed by atoms with van der Waals surface area (Å²) >= 11 is 1.08. The first-order valence-corrected chi connectivity index (χ1v) is 9.77. The summed E-state index contributed by atoms with van der Waals surface area (Å²) in [6, 6.07) is 0. The fourth-order valence-electron chi connectivity index (χ4n) is 1.27. The molecule has 0 spiro atoms. The second-order valence-electron chi connectivity index (χ2n) is 2.69. The van der Waals surface area contributed by atoms with Gasteiger partial charge in [0.1, 0.15) is 0 Å². The minimum absolute atomic E-state index is 0.344. The van der Waals surface area contributed by atoms with Gasteiger partial charge in [-0.2, -0.15) is 0 Å². The predicted molar refractivity (Wildman–Crippen MR) is 33.0 cm³/mol. The molecule has 0 amide bonds. The van der Waals surface area contributed by atoms with Gasteiger partial charge in [-0.3, -0.25) is 0 Å². The van der Waals surface area contributed by atoms with Gasteiger partial charge in [-0.25, -0.2) is 0 Å². The van der Waals surface area contributed by atoms with Crippen LogP contribution in [0.1, 0.15) is 6.42 Å². The van der Waals surface area contributed by atoms with Gasteiger partial charge in [0, 0.05) is 0 Å². The van der Waals surface area contributed by atoms with Crippen LogP contribution in [-0.4, -0.2) is 67.8 Å². The van der Waals surface area contributed by atoms with Crippen LogP contribution in [0.4, 0.5) is 0 Å². The van der Waals surface area contributed by atoms with Crippen molar-refractivity contribution in [2.45, 2.75) is 5.59 Å². The van der Waals surface area contributed by atoms with Crippen molar-refractivity contribution in [3.8, 4) is 0 Å². The van der Waals surface area contributed by atoms with Gasteiger partial charge in [0.2, 0.25) is 0 Å². The zero-order valence-corrected chi connectivity index (χ0v) is 19.3. The summed E-state index contributed by atoms with van der Waals surface area (Å²) in [6.07, 6.45) is 1.36. The molecule has 2 nitrogen and oxygen atoms in total. The molecule has 1 aliphatic heterocycles. The molecule has 1 heterocycles. The Morgan fingerprint density at radius 3 is 3.00 bits per heavy atom. The molecule has 1 fully saturated rings. The first-order valence-electron chi connectivity index (χ1n) is 3.58. The molecule has 9 heavy (non-hydrogen) atoms. The normalized spacial score (nSPS) is 30.6. The van der Waals surface area contributed by atoms with E-state index in [1.54, 1.807) is 0 Å². The fraction of sp³-hybridized carbons (Fsp3) is 1.00. The van der Waals surface area contributed by atoms with Crippen LogP contribution in [0.15, 0.2) is 0 Å². The number of rotatable bonds is 2. The first-order chi connectivity index (χ1) is 4.34. The summed E-state index contributed by atoms with van der Waals surface area (Å²) in [6.45, 7) is 2.45. The van der Waals surface area contributed by atoms with Gasteiger partial charge in [-0.1, -0.05) is 0 Å². The van der Waals surface area contributed by atoms with Crippen LogP contribution >= 0.6 is 0 Å². The summed E-state index contributed by atoms with van der Waals surface area (Å²) < 4.78 is 6.26. The van der Waals surface area contributed by atoms with Crippen molar-refractivity contribution >= 4 is 55.5 Å². The number of hydrogen-bond acceptors (Lipinski definition) is 2. The molecule has 1 unspecified atom stereocenters. The molecule has 0 bridgehead atoms.